The number of sulfonamides is 1. The first-order valence-corrected chi connectivity index (χ1v) is 12.4. The summed E-state index contributed by atoms with van der Waals surface area (Å²) in [4.78, 5) is 38.2. The Balaban J connectivity index is 1.59. The van der Waals surface area contributed by atoms with E-state index in [1.165, 1.54) is 17.4 Å². The summed E-state index contributed by atoms with van der Waals surface area (Å²) >= 11 is 7.53. The number of hydrogen-bond donors (Lipinski definition) is 5. The van der Waals surface area contributed by atoms with Crippen LogP contribution in [0.4, 0.5) is 5.13 Å². The number of fused-ring (bicyclic) bond motifs is 1. The smallest absolute Gasteiger partial charge is 0.322 e. The first-order chi connectivity index (χ1) is 16.2. The number of thiazole rings is 1. The van der Waals surface area contributed by atoms with Gasteiger partial charge >= 0.3 is 5.97 Å². The second kappa shape index (κ2) is 11.2. The molecule has 0 aliphatic carbocycles. The number of halogens is 1. The Kier molecular flexibility index (Phi) is 8.39. The number of hydrogen-bond acceptors (Lipinski definition) is 8. The first kappa shape index (κ1) is 25.4. The Labute approximate surface area is 203 Å². The quantitative estimate of drug-likeness (QED) is 0.248. The van der Waals surface area contributed by atoms with E-state index < -0.39 is 47.4 Å². The third kappa shape index (κ3) is 6.87. The van der Waals surface area contributed by atoms with Crippen LogP contribution in [-0.4, -0.2) is 55.9 Å². The number of carbonyl (C=O) groups excluding carboxylic acids is 2. The van der Waals surface area contributed by atoms with Gasteiger partial charge in [-0.25, -0.2) is 18.1 Å². The van der Waals surface area contributed by atoms with Crippen molar-refractivity contribution in [2.45, 2.75) is 11.4 Å². The van der Waals surface area contributed by atoms with E-state index in [0.717, 1.165) is 4.70 Å². The number of benzene rings is 2. The molecule has 0 saturated heterocycles. The molecule has 1 aromatic heterocycles. The van der Waals surface area contributed by atoms with E-state index in [1.807, 2.05) is 12.1 Å². The van der Waals surface area contributed by atoms with Gasteiger partial charge in [0.05, 0.1) is 27.7 Å². The van der Waals surface area contributed by atoms with E-state index in [0.29, 0.717) is 21.2 Å². The molecule has 0 saturated carbocycles. The van der Waals surface area contributed by atoms with Crippen molar-refractivity contribution in [1.29, 1.82) is 0 Å². The lowest BCUT2D eigenvalue weighted by atomic mass is 10.2. The maximum atomic E-state index is 12.8. The van der Waals surface area contributed by atoms with Gasteiger partial charge in [-0.2, -0.15) is 0 Å². The largest absolute Gasteiger partial charge is 0.480 e. The maximum absolute atomic E-state index is 12.8. The number of aromatic nitrogens is 1. The molecule has 0 unspecified atom stereocenters. The van der Waals surface area contributed by atoms with Gasteiger partial charge in [0.1, 0.15) is 12.1 Å². The van der Waals surface area contributed by atoms with Crippen LogP contribution in [0.2, 0.25) is 5.02 Å². The van der Waals surface area contributed by atoms with Crippen LogP contribution in [0.25, 0.3) is 10.2 Å². The second-order valence-electron chi connectivity index (χ2n) is 6.84. The molecule has 0 bridgehead atoms. The van der Waals surface area contributed by atoms with Gasteiger partial charge in [0.2, 0.25) is 21.8 Å². The molecular formula is C20H20ClN5O6S2. The predicted octanol–water partition coefficient (Wildman–Crippen LogP) is 1.16. The van der Waals surface area contributed by atoms with Crippen molar-refractivity contribution in [2.24, 2.45) is 0 Å². The molecule has 0 atom stereocenters. The molecule has 1 heterocycles. The number of nitrogens with zero attached hydrogens (tertiary/aromatic N) is 1. The molecule has 0 spiro atoms. The van der Waals surface area contributed by atoms with E-state index in [2.05, 4.69) is 25.7 Å². The normalized spacial score (nSPS) is 11.2. The monoisotopic (exact) mass is 525 g/mol. The fraction of sp³-hybridized carbons (Fsp3) is 0.200. The lowest BCUT2D eigenvalue weighted by molar-refractivity contribution is -0.137. The van der Waals surface area contributed by atoms with Gasteiger partial charge in [-0.15, -0.1) is 0 Å². The van der Waals surface area contributed by atoms with Gasteiger partial charge in [-0.05, 0) is 23.8 Å². The van der Waals surface area contributed by atoms with Crippen molar-refractivity contribution < 1.29 is 27.9 Å². The minimum absolute atomic E-state index is 0.0198. The summed E-state index contributed by atoms with van der Waals surface area (Å²) in [5, 5.41) is 17.0. The Bertz CT molecular complexity index is 1330. The van der Waals surface area contributed by atoms with Crippen molar-refractivity contribution in [1.82, 2.24) is 20.3 Å². The van der Waals surface area contributed by atoms with E-state index >= 15 is 0 Å². The molecule has 2 aromatic carbocycles. The van der Waals surface area contributed by atoms with Crippen LogP contribution < -0.4 is 20.7 Å². The topological polar surface area (TPSA) is 167 Å². The average Bonchev–Trinajstić information content (AvgIpc) is 3.23. The van der Waals surface area contributed by atoms with Gasteiger partial charge in [0.25, 0.3) is 0 Å². The molecule has 5 N–H and O–H groups in total. The van der Waals surface area contributed by atoms with E-state index in [4.69, 9.17) is 16.7 Å². The predicted molar refractivity (Wildman–Crippen MR) is 127 cm³/mol. The van der Waals surface area contributed by atoms with Crippen LogP contribution in [0.3, 0.4) is 0 Å². The summed E-state index contributed by atoms with van der Waals surface area (Å²) in [6, 6.07) is 11.7. The van der Waals surface area contributed by atoms with E-state index in [1.54, 1.807) is 24.3 Å². The summed E-state index contributed by atoms with van der Waals surface area (Å²) in [5.41, 5.74) is 1.11. The van der Waals surface area contributed by atoms with E-state index in [9.17, 15) is 22.8 Å². The highest BCUT2D eigenvalue weighted by molar-refractivity contribution is 7.89. The lowest BCUT2D eigenvalue weighted by Gasteiger charge is -2.12. The average molecular weight is 526 g/mol. The second-order valence-corrected chi connectivity index (χ2v) is 10.0. The minimum Gasteiger partial charge on any atom is -0.480 e. The van der Waals surface area contributed by atoms with Crippen molar-refractivity contribution >= 4 is 66.1 Å². The summed E-state index contributed by atoms with van der Waals surface area (Å²) < 4.78 is 28.6. The fourth-order valence-corrected chi connectivity index (χ4v) is 5.17. The molecule has 14 heteroatoms. The van der Waals surface area contributed by atoms with E-state index in [-0.39, 0.29) is 11.4 Å². The Morgan fingerprint density at radius 3 is 2.41 bits per heavy atom. The standard InChI is InChI=1S/C20H20ClN5O6S2/c21-13-5-3-6-14-19(13)26-20(33-14)24-8-12-4-1-2-7-15(12)34(31,32)25-10-17(28)22-9-16(27)23-11-18(29)30/h1-7,25H,8-11H2,(H,22,28)(H,23,27)(H,24,26)(H,29,30). The van der Waals surface area contributed by atoms with Crippen LogP contribution in [0.1, 0.15) is 5.56 Å². The van der Waals surface area contributed by atoms with Gasteiger partial charge in [-0.3, -0.25) is 14.4 Å². The zero-order valence-corrected chi connectivity index (χ0v) is 19.9. The fourth-order valence-electron chi connectivity index (χ4n) is 2.79. The van der Waals surface area contributed by atoms with Crippen molar-refractivity contribution in [3.05, 3.63) is 53.1 Å². The molecule has 11 nitrogen and oxygen atoms in total. The summed E-state index contributed by atoms with van der Waals surface area (Å²) in [6.07, 6.45) is 0. The van der Waals surface area contributed by atoms with Crippen molar-refractivity contribution in [2.75, 3.05) is 25.0 Å². The molecule has 0 radical (unpaired) electrons. The SMILES string of the molecule is O=C(O)CNC(=O)CNC(=O)CNS(=O)(=O)c1ccccc1CNc1nc2c(Cl)cccc2s1. The van der Waals surface area contributed by atoms with Crippen LogP contribution in [-0.2, 0) is 31.0 Å². The van der Waals surface area contributed by atoms with Crippen LogP contribution in [0.5, 0.6) is 0 Å². The highest BCUT2D eigenvalue weighted by atomic mass is 35.5. The maximum Gasteiger partial charge on any atom is 0.322 e. The third-order valence-corrected chi connectivity index (χ3v) is 7.15. The number of carboxylic acid groups (broad SMARTS) is 1. The van der Waals surface area contributed by atoms with Gasteiger partial charge in [0, 0.05) is 6.54 Å². The molecule has 180 valence electrons. The number of nitrogens with one attached hydrogen (secondary N) is 4. The Morgan fingerprint density at radius 1 is 0.971 bits per heavy atom. The third-order valence-electron chi connectivity index (χ3n) is 4.37. The number of para-hydroxylation sites is 1. The number of rotatable bonds is 11. The Hall–Kier alpha value is -3.26. The number of anilines is 1. The highest BCUT2D eigenvalue weighted by Crippen LogP contribution is 2.31. The number of carboxylic acids is 1. The summed E-state index contributed by atoms with van der Waals surface area (Å²) in [5.74, 6) is -2.70. The zero-order valence-electron chi connectivity index (χ0n) is 17.5. The number of amides is 2. The van der Waals surface area contributed by atoms with Crippen molar-refractivity contribution in [3.63, 3.8) is 0 Å². The highest BCUT2D eigenvalue weighted by Gasteiger charge is 2.19. The minimum atomic E-state index is -4.05. The molecule has 0 aliphatic heterocycles. The van der Waals surface area contributed by atoms with Gasteiger partial charge in [0.15, 0.2) is 5.13 Å². The molecular weight excluding hydrogens is 506 g/mol. The first-order valence-electron chi connectivity index (χ1n) is 9.77. The number of aliphatic carboxylic acids is 1. The molecule has 3 rings (SSSR count). The van der Waals surface area contributed by atoms with Gasteiger partial charge in [-0.1, -0.05) is 47.2 Å². The molecule has 0 fully saturated rings. The van der Waals surface area contributed by atoms with Crippen molar-refractivity contribution in [3.8, 4) is 0 Å². The van der Waals surface area contributed by atoms with Crippen LogP contribution in [0, 0.1) is 0 Å². The molecule has 3 aromatic rings. The molecule has 2 amide bonds. The number of carbonyl (C=O) groups is 3. The van der Waals surface area contributed by atoms with Crippen LogP contribution in [0.15, 0.2) is 47.4 Å². The summed E-state index contributed by atoms with van der Waals surface area (Å²) in [6.45, 7) is -1.52. The summed E-state index contributed by atoms with van der Waals surface area (Å²) in [7, 11) is -4.05. The zero-order chi connectivity index (χ0) is 24.7. The Morgan fingerprint density at radius 2 is 1.68 bits per heavy atom. The van der Waals surface area contributed by atoms with Crippen LogP contribution >= 0.6 is 22.9 Å². The molecule has 0 aliphatic rings. The molecule has 34 heavy (non-hydrogen) atoms. The van der Waals surface area contributed by atoms with Gasteiger partial charge < -0.3 is 21.1 Å². The lowest BCUT2D eigenvalue weighted by Crippen LogP contribution is -2.43.